The van der Waals surface area contributed by atoms with Crippen molar-refractivity contribution in [2.75, 3.05) is 0 Å². The van der Waals surface area contributed by atoms with Crippen LogP contribution in [0.15, 0.2) is 59.4 Å². The first kappa shape index (κ1) is 19.2. The maximum atomic E-state index is 12.2. The lowest BCUT2D eigenvalue weighted by atomic mass is 10.1. The lowest BCUT2D eigenvalue weighted by Crippen LogP contribution is -2.11. The van der Waals surface area contributed by atoms with Gasteiger partial charge in [-0.15, -0.1) is 0 Å². The van der Waals surface area contributed by atoms with E-state index in [2.05, 4.69) is 42.8 Å². The number of pyridine rings is 1. The van der Waals surface area contributed by atoms with Crippen molar-refractivity contribution in [2.45, 2.75) is 58.3 Å². The first-order chi connectivity index (χ1) is 12.2. The summed E-state index contributed by atoms with van der Waals surface area (Å²) in [6.07, 6.45) is 18.3. The molecule has 1 heterocycles. The molecule has 0 aliphatic rings. The number of aromatic nitrogens is 1. The van der Waals surface area contributed by atoms with Crippen molar-refractivity contribution in [3.05, 3.63) is 70.6 Å². The zero-order valence-corrected chi connectivity index (χ0v) is 15.7. The van der Waals surface area contributed by atoms with E-state index < -0.39 is 0 Å². The summed E-state index contributed by atoms with van der Waals surface area (Å²) in [5, 5.41) is 0.805. The molecule has 0 atom stereocenters. The summed E-state index contributed by atoms with van der Waals surface area (Å²) in [5.74, 6) is 0. The van der Waals surface area contributed by atoms with Gasteiger partial charge in [-0.1, -0.05) is 56.2 Å². The normalized spacial score (nSPS) is 11.9. The second kappa shape index (κ2) is 10.7. The summed E-state index contributed by atoms with van der Waals surface area (Å²) in [6.45, 7) is 2.24. The Labute approximate surface area is 151 Å². The molecule has 0 amide bonds. The van der Waals surface area contributed by atoms with Gasteiger partial charge in [-0.3, -0.25) is 4.79 Å². The molecule has 0 saturated carbocycles. The molecule has 0 aliphatic heterocycles. The summed E-state index contributed by atoms with van der Waals surface area (Å²) in [5.41, 5.74) is 2.27. The van der Waals surface area contributed by atoms with E-state index in [-0.39, 0.29) is 5.43 Å². The fourth-order valence-electron chi connectivity index (χ4n) is 3.11. The Kier molecular flexibility index (Phi) is 8.24. The monoisotopic (exact) mass is 337 g/mol. The van der Waals surface area contributed by atoms with Crippen molar-refractivity contribution in [3.8, 4) is 0 Å². The molecule has 0 unspecified atom stereocenters. The van der Waals surface area contributed by atoms with Crippen LogP contribution in [0.2, 0.25) is 0 Å². The number of fused-ring (bicyclic) bond motifs is 1. The van der Waals surface area contributed by atoms with Crippen LogP contribution < -0.4 is 5.43 Å². The third-order valence-electron chi connectivity index (χ3n) is 4.64. The molecule has 1 aromatic carbocycles. The third kappa shape index (κ3) is 6.04. The standard InChI is InChI=1S/C23H31NO/c1-3-4-5-6-7-8-9-10-11-12-13-16-20-19-23(25)21-17-14-15-18-22(21)24(20)2/h7-8,10-11,14-15,17-19H,3-6,9,12-13,16H2,1-2H3/b8-7-,11-10-. The molecule has 25 heavy (non-hydrogen) atoms. The number of para-hydroxylation sites is 1. The highest BCUT2D eigenvalue weighted by Crippen LogP contribution is 2.13. The smallest absolute Gasteiger partial charge is 0.189 e. The van der Waals surface area contributed by atoms with Gasteiger partial charge in [-0.05, 0) is 50.7 Å². The lowest BCUT2D eigenvalue weighted by molar-refractivity contribution is 0.728. The minimum Gasteiger partial charge on any atom is -0.347 e. The van der Waals surface area contributed by atoms with Crippen LogP contribution in [-0.2, 0) is 13.5 Å². The summed E-state index contributed by atoms with van der Waals surface area (Å²) in [6, 6.07) is 9.63. The first-order valence-corrected chi connectivity index (χ1v) is 9.61. The van der Waals surface area contributed by atoms with Gasteiger partial charge in [0.05, 0.1) is 5.52 Å². The number of nitrogens with zero attached hydrogens (tertiary/aromatic N) is 1. The highest BCUT2D eigenvalue weighted by molar-refractivity contribution is 5.79. The summed E-state index contributed by atoms with van der Waals surface area (Å²) in [4.78, 5) is 12.2. The number of hydrogen-bond acceptors (Lipinski definition) is 1. The van der Waals surface area contributed by atoms with Crippen molar-refractivity contribution < 1.29 is 0 Å². The Morgan fingerprint density at radius 3 is 2.44 bits per heavy atom. The SMILES string of the molecule is CCCCC/C=C\C/C=C\CCCc1cc(=O)c2ccccc2n1C. The van der Waals surface area contributed by atoms with E-state index in [1.165, 1.54) is 25.7 Å². The van der Waals surface area contributed by atoms with Crippen LogP contribution in [0, 0.1) is 0 Å². The van der Waals surface area contributed by atoms with Crippen LogP contribution in [0.1, 0.15) is 57.6 Å². The van der Waals surface area contributed by atoms with Crippen LogP contribution in [0.5, 0.6) is 0 Å². The molecule has 2 rings (SSSR count). The lowest BCUT2D eigenvalue weighted by Gasteiger charge is -2.11. The van der Waals surface area contributed by atoms with Crippen molar-refractivity contribution >= 4 is 10.9 Å². The van der Waals surface area contributed by atoms with Crippen LogP contribution in [0.4, 0.5) is 0 Å². The maximum absolute atomic E-state index is 12.2. The first-order valence-electron chi connectivity index (χ1n) is 9.61. The Bertz CT molecular complexity index is 767. The Balaban J connectivity index is 1.77. The Morgan fingerprint density at radius 1 is 0.960 bits per heavy atom. The molecule has 0 aliphatic carbocycles. The molecule has 2 heteroatoms. The summed E-state index contributed by atoms with van der Waals surface area (Å²) in [7, 11) is 2.05. The van der Waals surface area contributed by atoms with Crippen LogP contribution in [0.25, 0.3) is 10.9 Å². The van der Waals surface area contributed by atoms with Crippen molar-refractivity contribution in [1.82, 2.24) is 4.57 Å². The number of unbranched alkanes of at least 4 members (excludes halogenated alkanes) is 4. The predicted octanol–water partition coefficient (Wildman–Crippen LogP) is 5.94. The quantitative estimate of drug-likeness (QED) is 0.388. The minimum absolute atomic E-state index is 0.132. The zero-order valence-electron chi connectivity index (χ0n) is 15.7. The van der Waals surface area contributed by atoms with Crippen molar-refractivity contribution in [1.29, 1.82) is 0 Å². The number of benzene rings is 1. The zero-order chi connectivity index (χ0) is 17.9. The number of rotatable bonds is 10. The van der Waals surface area contributed by atoms with Crippen molar-refractivity contribution in [2.24, 2.45) is 7.05 Å². The third-order valence-corrected chi connectivity index (χ3v) is 4.64. The van der Waals surface area contributed by atoms with E-state index in [1.54, 1.807) is 6.07 Å². The average Bonchev–Trinajstić information content (AvgIpc) is 2.63. The Hall–Kier alpha value is -2.09. The van der Waals surface area contributed by atoms with Gasteiger partial charge in [0.1, 0.15) is 0 Å². The average molecular weight is 338 g/mol. The van der Waals surface area contributed by atoms with E-state index >= 15 is 0 Å². The van der Waals surface area contributed by atoms with E-state index in [0.717, 1.165) is 42.3 Å². The second-order valence-electron chi connectivity index (χ2n) is 6.64. The highest BCUT2D eigenvalue weighted by Gasteiger charge is 2.05. The van der Waals surface area contributed by atoms with Gasteiger partial charge < -0.3 is 4.57 Å². The van der Waals surface area contributed by atoms with Crippen LogP contribution >= 0.6 is 0 Å². The van der Waals surface area contributed by atoms with E-state index in [4.69, 9.17) is 0 Å². The molecule has 2 aromatic rings. The van der Waals surface area contributed by atoms with Gasteiger partial charge in [-0.2, -0.15) is 0 Å². The van der Waals surface area contributed by atoms with Crippen LogP contribution in [0.3, 0.4) is 0 Å². The van der Waals surface area contributed by atoms with Gasteiger partial charge in [0, 0.05) is 24.2 Å². The molecule has 0 N–H and O–H groups in total. The maximum Gasteiger partial charge on any atom is 0.189 e. The van der Waals surface area contributed by atoms with Crippen LogP contribution in [-0.4, -0.2) is 4.57 Å². The van der Waals surface area contributed by atoms with Gasteiger partial charge in [0.15, 0.2) is 5.43 Å². The number of aryl methyl sites for hydroxylation is 2. The predicted molar refractivity (Wildman–Crippen MR) is 109 cm³/mol. The van der Waals surface area contributed by atoms with Gasteiger partial charge in [0.2, 0.25) is 0 Å². The number of allylic oxidation sites excluding steroid dienone is 4. The van der Waals surface area contributed by atoms with Gasteiger partial charge >= 0.3 is 0 Å². The number of hydrogen-bond donors (Lipinski definition) is 0. The van der Waals surface area contributed by atoms with Gasteiger partial charge in [-0.25, -0.2) is 0 Å². The van der Waals surface area contributed by atoms with E-state index in [0.29, 0.717) is 0 Å². The molecular weight excluding hydrogens is 306 g/mol. The second-order valence-corrected chi connectivity index (χ2v) is 6.64. The largest absolute Gasteiger partial charge is 0.347 e. The molecular formula is C23H31NO. The molecule has 2 nitrogen and oxygen atoms in total. The minimum atomic E-state index is 0.132. The highest BCUT2D eigenvalue weighted by atomic mass is 16.1. The Morgan fingerprint density at radius 2 is 1.68 bits per heavy atom. The molecule has 1 aromatic heterocycles. The summed E-state index contributed by atoms with van der Waals surface area (Å²) < 4.78 is 2.15. The van der Waals surface area contributed by atoms with Gasteiger partial charge in [0.25, 0.3) is 0 Å². The van der Waals surface area contributed by atoms with E-state index in [9.17, 15) is 4.79 Å². The topological polar surface area (TPSA) is 22.0 Å². The van der Waals surface area contributed by atoms with E-state index in [1.807, 2.05) is 24.3 Å². The summed E-state index contributed by atoms with van der Waals surface area (Å²) >= 11 is 0. The molecule has 134 valence electrons. The molecule has 0 bridgehead atoms. The fourth-order valence-corrected chi connectivity index (χ4v) is 3.11. The molecule has 0 radical (unpaired) electrons. The fraction of sp³-hybridized carbons (Fsp3) is 0.435. The molecule has 0 fully saturated rings. The molecule has 0 spiro atoms. The van der Waals surface area contributed by atoms with Crippen molar-refractivity contribution in [3.63, 3.8) is 0 Å². The molecule has 0 saturated heterocycles.